The Morgan fingerprint density at radius 2 is 2.10 bits per heavy atom. The van der Waals surface area contributed by atoms with Crippen LogP contribution in [0.5, 0.6) is 0 Å². The number of likely N-dealkylation sites (tertiary alicyclic amines) is 1. The van der Waals surface area contributed by atoms with Crippen LogP contribution in [0.4, 0.5) is 4.79 Å². The lowest BCUT2D eigenvalue weighted by atomic mass is 9.92. The van der Waals surface area contributed by atoms with E-state index in [1.54, 1.807) is 0 Å². The number of hydrogen-bond donors (Lipinski definition) is 1. The van der Waals surface area contributed by atoms with Gasteiger partial charge in [-0.25, -0.2) is 4.79 Å². The molecule has 20 heavy (non-hydrogen) atoms. The lowest BCUT2D eigenvalue weighted by molar-refractivity contribution is 0.0899. The Morgan fingerprint density at radius 3 is 2.75 bits per heavy atom. The van der Waals surface area contributed by atoms with Crippen LogP contribution in [0.1, 0.15) is 25.3 Å². The van der Waals surface area contributed by atoms with Crippen LogP contribution < -0.4 is 5.32 Å². The standard InChI is InChI=1S/C16H24N2O2/c1-3-13-9-15(12-18(11-13)16(19)20-2)17-10-14-7-5-4-6-8-14/h4-8,13,15,17H,3,9-12H2,1-2H3. The van der Waals surface area contributed by atoms with Gasteiger partial charge in [0.25, 0.3) is 0 Å². The zero-order valence-electron chi connectivity index (χ0n) is 12.3. The van der Waals surface area contributed by atoms with E-state index in [4.69, 9.17) is 4.74 Å². The van der Waals surface area contributed by atoms with Crippen molar-refractivity contribution in [3.63, 3.8) is 0 Å². The van der Waals surface area contributed by atoms with Gasteiger partial charge in [-0.2, -0.15) is 0 Å². The van der Waals surface area contributed by atoms with Gasteiger partial charge in [-0.05, 0) is 17.9 Å². The van der Waals surface area contributed by atoms with Crippen molar-refractivity contribution in [2.45, 2.75) is 32.4 Å². The second kappa shape index (κ2) is 7.29. The fourth-order valence-electron chi connectivity index (χ4n) is 2.78. The molecule has 1 aromatic carbocycles. The van der Waals surface area contributed by atoms with Crippen molar-refractivity contribution in [2.75, 3.05) is 20.2 Å². The highest BCUT2D eigenvalue weighted by atomic mass is 16.5. The van der Waals surface area contributed by atoms with Crippen LogP contribution in [0.25, 0.3) is 0 Å². The molecule has 1 aliphatic heterocycles. The van der Waals surface area contributed by atoms with Gasteiger partial charge in [0.2, 0.25) is 0 Å². The third kappa shape index (κ3) is 3.97. The molecule has 0 spiro atoms. The number of nitrogens with zero attached hydrogens (tertiary/aromatic N) is 1. The van der Waals surface area contributed by atoms with Crippen molar-refractivity contribution in [3.05, 3.63) is 35.9 Å². The maximum absolute atomic E-state index is 11.7. The van der Waals surface area contributed by atoms with E-state index in [9.17, 15) is 4.79 Å². The number of nitrogens with one attached hydrogen (secondary N) is 1. The topological polar surface area (TPSA) is 41.6 Å². The van der Waals surface area contributed by atoms with E-state index in [0.717, 1.165) is 32.5 Å². The molecule has 1 heterocycles. The summed E-state index contributed by atoms with van der Waals surface area (Å²) in [7, 11) is 1.45. The van der Waals surface area contributed by atoms with Crippen molar-refractivity contribution >= 4 is 6.09 Å². The zero-order valence-corrected chi connectivity index (χ0v) is 12.3. The average molecular weight is 276 g/mol. The lowest BCUT2D eigenvalue weighted by Gasteiger charge is -2.37. The molecule has 0 bridgehead atoms. The van der Waals surface area contributed by atoms with Crippen molar-refractivity contribution in [1.82, 2.24) is 10.2 Å². The Labute approximate surface area is 121 Å². The highest BCUT2D eigenvalue weighted by Gasteiger charge is 2.29. The lowest BCUT2D eigenvalue weighted by Crippen LogP contribution is -2.51. The van der Waals surface area contributed by atoms with Gasteiger partial charge < -0.3 is 15.0 Å². The van der Waals surface area contributed by atoms with E-state index in [2.05, 4.69) is 24.4 Å². The van der Waals surface area contributed by atoms with E-state index < -0.39 is 0 Å². The highest BCUT2D eigenvalue weighted by molar-refractivity contribution is 5.67. The van der Waals surface area contributed by atoms with E-state index in [0.29, 0.717) is 12.0 Å². The van der Waals surface area contributed by atoms with Crippen LogP contribution in [0.3, 0.4) is 0 Å². The van der Waals surface area contributed by atoms with Crippen LogP contribution in [0.15, 0.2) is 30.3 Å². The number of amides is 1. The summed E-state index contributed by atoms with van der Waals surface area (Å²) in [6.45, 7) is 4.57. The van der Waals surface area contributed by atoms with Gasteiger partial charge in [-0.1, -0.05) is 43.7 Å². The fourth-order valence-corrected chi connectivity index (χ4v) is 2.78. The van der Waals surface area contributed by atoms with Crippen molar-refractivity contribution < 1.29 is 9.53 Å². The molecule has 4 heteroatoms. The predicted molar refractivity (Wildman–Crippen MR) is 79.4 cm³/mol. The first-order chi connectivity index (χ1) is 9.72. The summed E-state index contributed by atoms with van der Waals surface area (Å²) in [5.41, 5.74) is 1.27. The van der Waals surface area contributed by atoms with Crippen LogP contribution in [-0.4, -0.2) is 37.2 Å². The Kier molecular flexibility index (Phi) is 5.41. The van der Waals surface area contributed by atoms with E-state index >= 15 is 0 Å². The molecule has 1 amide bonds. The van der Waals surface area contributed by atoms with Crippen LogP contribution in [0, 0.1) is 5.92 Å². The molecule has 110 valence electrons. The van der Waals surface area contributed by atoms with Crippen LogP contribution in [0.2, 0.25) is 0 Å². The summed E-state index contributed by atoms with van der Waals surface area (Å²) in [6, 6.07) is 10.7. The first-order valence-electron chi connectivity index (χ1n) is 7.33. The maximum Gasteiger partial charge on any atom is 0.409 e. The molecule has 1 saturated heterocycles. The minimum Gasteiger partial charge on any atom is -0.453 e. The SMILES string of the molecule is CCC1CC(NCc2ccccc2)CN(C(=O)OC)C1. The van der Waals surface area contributed by atoms with Gasteiger partial charge in [0.15, 0.2) is 0 Å². The van der Waals surface area contributed by atoms with Gasteiger partial charge in [0.05, 0.1) is 7.11 Å². The number of benzene rings is 1. The number of hydrogen-bond acceptors (Lipinski definition) is 3. The molecular formula is C16H24N2O2. The molecule has 2 unspecified atom stereocenters. The average Bonchev–Trinajstić information content (AvgIpc) is 2.52. The summed E-state index contributed by atoms with van der Waals surface area (Å²) < 4.78 is 4.85. The molecule has 1 N–H and O–H groups in total. The quantitative estimate of drug-likeness (QED) is 0.919. The van der Waals surface area contributed by atoms with E-state index in [-0.39, 0.29) is 6.09 Å². The van der Waals surface area contributed by atoms with Gasteiger partial charge in [0.1, 0.15) is 0 Å². The summed E-state index contributed by atoms with van der Waals surface area (Å²) in [5.74, 6) is 0.552. The van der Waals surface area contributed by atoms with E-state index in [1.807, 2.05) is 23.1 Å². The largest absolute Gasteiger partial charge is 0.453 e. The molecule has 4 nitrogen and oxygen atoms in total. The zero-order chi connectivity index (χ0) is 14.4. The van der Waals surface area contributed by atoms with Gasteiger partial charge >= 0.3 is 6.09 Å². The number of piperidine rings is 1. The second-order valence-electron chi connectivity index (χ2n) is 5.45. The van der Waals surface area contributed by atoms with Crippen LogP contribution in [-0.2, 0) is 11.3 Å². The number of carbonyl (C=O) groups is 1. The molecule has 1 fully saturated rings. The van der Waals surface area contributed by atoms with Crippen molar-refractivity contribution in [3.8, 4) is 0 Å². The minimum absolute atomic E-state index is 0.213. The molecule has 0 aliphatic carbocycles. The second-order valence-corrected chi connectivity index (χ2v) is 5.45. The minimum atomic E-state index is -0.213. The first-order valence-corrected chi connectivity index (χ1v) is 7.33. The smallest absolute Gasteiger partial charge is 0.409 e. The Bertz CT molecular complexity index is 422. The third-order valence-corrected chi connectivity index (χ3v) is 3.99. The fraction of sp³-hybridized carbons (Fsp3) is 0.562. The molecule has 2 atom stereocenters. The summed E-state index contributed by atoms with van der Waals surface area (Å²) in [6.07, 6.45) is 2.00. The maximum atomic E-state index is 11.7. The van der Waals surface area contributed by atoms with Crippen molar-refractivity contribution in [2.24, 2.45) is 5.92 Å². The molecule has 1 aliphatic rings. The third-order valence-electron chi connectivity index (χ3n) is 3.99. The molecule has 0 saturated carbocycles. The monoisotopic (exact) mass is 276 g/mol. The Balaban J connectivity index is 1.91. The molecule has 0 radical (unpaired) electrons. The molecular weight excluding hydrogens is 252 g/mol. The number of methoxy groups -OCH3 is 1. The van der Waals surface area contributed by atoms with Gasteiger partial charge in [-0.3, -0.25) is 0 Å². The van der Waals surface area contributed by atoms with Gasteiger partial charge in [0, 0.05) is 25.7 Å². The Morgan fingerprint density at radius 1 is 1.35 bits per heavy atom. The molecule has 2 rings (SSSR count). The number of carbonyl (C=O) groups excluding carboxylic acids is 1. The highest BCUT2D eigenvalue weighted by Crippen LogP contribution is 2.20. The summed E-state index contributed by atoms with van der Waals surface area (Å²) >= 11 is 0. The van der Waals surface area contributed by atoms with Gasteiger partial charge in [-0.15, -0.1) is 0 Å². The van der Waals surface area contributed by atoms with E-state index in [1.165, 1.54) is 12.7 Å². The van der Waals surface area contributed by atoms with Crippen molar-refractivity contribution in [1.29, 1.82) is 0 Å². The summed E-state index contributed by atoms with van der Waals surface area (Å²) in [5, 5.41) is 3.56. The summed E-state index contributed by atoms with van der Waals surface area (Å²) in [4.78, 5) is 13.5. The number of ether oxygens (including phenoxy) is 1. The molecule has 0 aromatic heterocycles. The molecule has 1 aromatic rings. The number of rotatable bonds is 4. The Hall–Kier alpha value is -1.55. The van der Waals surface area contributed by atoms with Crippen LogP contribution >= 0.6 is 0 Å². The first kappa shape index (κ1) is 14.9. The predicted octanol–water partition coefficient (Wildman–Crippen LogP) is 2.64. The normalized spacial score (nSPS) is 22.6.